The standard InChI is InChI=1S/C27H31FN4O6/c28-19-9-8-18-15-29-26(35)20-16-32-23(25(34)24(20)33)27(36)30-11-13-37-17-22(30)31(32)10-6-4-2-1-3-5-7-12-38-21(18)14-19/h3,5,8-9,14,16,22,34H,1-2,4,6-7,10-13,15,17H2,(H,29,35)/b5-3+/t22-/m1/s1. The highest BCUT2D eigenvalue weighted by molar-refractivity contribution is 5.99. The number of fused-ring (bicyclic) bond motifs is 4. The molecule has 202 valence electrons. The van der Waals surface area contributed by atoms with E-state index in [1.807, 2.05) is 11.1 Å². The summed E-state index contributed by atoms with van der Waals surface area (Å²) < 4.78 is 26.7. The van der Waals surface area contributed by atoms with E-state index >= 15 is 0 Å². The van der Waals surface area contributed by atoms with Gasteiger partial charge in [-0.25, -0.2) is 4.39 Å². The third-order valence-electron chi connectivity index (χ3n) is 7.03. The lowest BCUT2D eigenvalue weighted by Crippen LogP contribution is -2.65. The first kappa shape index (κ1) is 25.8. The molecule has 3 aliphatic heterocycles. The van der Waals surface area contributed by atoms with E-state index in [1.54, 1.807) is 4.90 Å². The molecule has 4 heterocycles. The Kier molecular flexibility index (Phi) is 7.64. The van der Waals surface area contributed by atoms with Gasteiger partial charge in [0.25, 0.3) is 11.8 Å². The molecular formula is C27H31FN4O6. The SMILES string of the molecule is O=C1NCc2ccc(F)cc2OCC/C=C/CCCCCN2[C@@H]3COCCN3C(=O)c3c(O)c(=O)c1cn32. The van der Waals surface area contributed by atoms with E-state index in [1.165, 1.54) is 29.1 Å². The highest BCUT2D eigenvalue weighted by Crippen LogP contribution is 2.27. The van der Waals surface area contributed by atoms with Crippen LogP contribution in [0.3, 0.4) is 0 Å². The predicted octanol–water partition coefficient (Wildman–Crippen LogP) is 2.27. The van der Waals surface area contributed by atoms with Crippen molar-refractivity contribution in [2.24, 2.45) is 0 Å². The van der Waals surface area contributed by atoms with Crippen molar-refractivity contribution in [2.45, 2.75) is 44.8 Å². The van der Waals surface area contributed by atoms with Gasteiger partial charge in [0.2, 0.25) is 5.43 Å². The third-order valence-corrected chi connectivity index (χ3v) is 7.03. The Balaban J connectivity index is 1.52. The van der Waals surface area contributed by atoms with E-state index in [-0.39, 0.29) is 24.4 Å². The fraction of sp³-hybridized carbons (Fsp3) is 0.444. The molecule has 1 aromatic heterocycles. The molecule has 0 radical (unpaired) electrons. The molecule has 1 saturated heterocycles. The number of aromatic nitrogens is 1. The van der Waals surface area contributed by atoms with Gasteiger partial charge in [0, 0.05) is 37.5 Å². The molecule has 2 amide bonds. The van der Waals surface area contributed by atoms with Crippen molar-refractivity contribution in [3.63, 3.8) is 0 Å². The maximum Gasteiger partial charge on any atom is 0.278 e. The van der Waals surface area contributed by atoms with Crippen molar-refractivity contribution in [2.75, 3.05) is 37.9 Å². The summed E-state index contributed by atoms with van der Waals surface area (Å²) in [4.78, 5) is 41.1. The molecule has 0 spiro atoms. The molecule has 3 aliphatic rings. The molecule has 0 aliphatic carbocycles. The molecule has 1 atom stereocenters. The average Bonchev–Trinajstić information content (AvgIpc) is 2.91. The van der Waals surface area contributed by atoms with Crippen molar-refractivity contribution in [3.05, 3.63) is 69.4 Å². The summed E-state index contributed by atoms with van der Waals surface area (Å²) >= 11 is 0. The van der Waals surface area contributed by atoms with Gasteiger partial charge in [-0.2, -0.15) is 0 Å². The number of rotatable bonds is 0. The van der Waals surface area contributed by atoms with Crippen molar-refractivity contribution in [1.29, 1.82) is 0 Å². The van der Waals surface area contributed by atoms with Crippen LogP contribution in [-0.4, -0.2) is 65.6 Å². The first-order valence-electron chi connectivity index (χ1n) is 12.9. The molecule has 2 bridgehead atoms. The Morgan fingerprint density at radius 2 is 1.87 bits per heavy atom. The summed E-state index contributed by atoms with van der Waals surface area (Å²) in [5.74, 6) is -2.14. The fourth-order valence-corrected chi connectivity index (χ4v) is 5.03. The second-order valence-electron chi connectivity index (χ2n) is 9.52. The van der Waals surface area contributed by atoms with E-state index < -0.39 is 35.0 Å². The number of halogens is 1. The van der Waals surface area contributed by atoms with Gasteiger partial charge in [0.05, 0.1) is 19.8 Å². The van der Waals surface area contributed by atoms with Crippen molar-refractivity contribution in [1.82, 2.24) is 14.9 Å². The van der Waals surface area contributed by atoms with Gasteiger partial charge in [-0.15, -0.1) is 0 Å². The number of ether oxygens (including phenoxy) is 2. The Hall–Kier alpha value is -3.86. The number of benzene rings is 1. The minimum atomic E-state index is -0.929. The summed E-state index contributed by atoms with van der Waals surface area (Å²) in [6.07, 6.45) is 9.26. The van der Waals surface area contributed by atoms with E-state index in [0.717, 1.165) is 25.7 Å². The second kappa shape index (κ2) is 11.3. The summed E-state index contributed by atoms with van der Waals surface area (Å²) in [5.41, 5.74) is -0.856. The number of allylic oxidation sites excluding steroid dienone is 1. The maximum atomic E-state index is 13.9. The minimum absolute atomic E-state index is 0.0286. The number of hydrogen-bond acceptors (Lipinski definition) is 7. The van der Waals surface area contributed by atoms with Crippen LogP contribution in [0.15, 0.2) is 41.3 Å². The van der Waals surface area contributed by atoms with Gasteiger partial charge in [-0.3, -0.25) is 24.1 Å². The highest BCUT2D eigenvalue weighted by atomic mass is 19.1. The largest absolute Gasteiger partial charge is 0.502 e. The zero-order chi connectivity index (χ0) is 26.6. The normalized spacial score (nSPS) is 21.7. The number of aromatic hydroxyl groups is 1. The number of nitrogens with one attached hydrogen (secondary N) is 1. The van der Waals surface area contributed by atoms with Gasteiger partial charge in [-0.05, 0) is 31.7 Å². The van der Waals surface area contributed by atoms with Crippen LogP contribution in [-0.2, 0) is 11.3 Å². The Morgan fingerprint density at radius 3 is 2.74 bits per heavy atom. The molecule has 11 heteroatoms. The molecule has 1 fully saturated rings. The van der Waals surface area contributed by atoms with Gasteiger partial charge >= 0.3 is 0 Å². The van der Waals surface area contributed by atoms with Crippen LogP contribution in [0.2, 0.25) is 0 Å². The van der Waals surface area contributed by atoms with Gasteiger partial charge in [0.1, 0.15) is 23.3 Å². The Bertz CT molecular complexity index is 1310. The molecule has 5 rings (SSSR count). The Labute approximate surface area is 219 Å². The van der Waals surface area contributed by atoms with E-state index in [9.17, 15) is 23.9 Å². The van der Waals surface area contributed by atoms with Crippen LogP contribution in [0.4, 0.5) is 4.39 Å². The minimum Gasteiger partial charge on any atom is -0.502 e. The summed E-state index contributed by atoms with van der Waals surface area (Å²) in [5, 5.41) is 15.4. The van der Waals surface area contributed by atoms with E-state index in [2.05, 4.69) is 11.4 Å². The molecule has 1 aromatic carbocycles. The monoisotopic (exact) mass is 526 g/mol. The molecule has 2 aromatic rings. The average molecular weight is 527 g/mol. The van der Waals surface area contributed by atoms with Crippen molar-refractivity contribution in [3.8, 4) is 11.5 Å². The van der Waals surface area contributed by atoms with Crippen LogP contribution < -0.4 is 20.5 Å². The van der Waals surface area contributed by atoms with Crippen molar-refractivity contribution < 1.29 is 28.6 Å². The lowest BCUT2D eigenvalue weighted by molar-refractivity contribution is -0.0173. The summed E-state index contributed by atoms with van der Waals surface area (Å²) in [7, 11) is 0. The van der Waals surface area contributed by atoms with Crippen LogP contribution in [0.5, 0.6) is 11.5 Å². The maximum absolute atomic E-state index is 13.9. The molecule has 0 saturated carbocycles. The molecular weight excluding hydrogens is 495 g/mol. The van der Waals surface area contributed by atoms with Crippen molar-refractivity contribution >= 4 is 11.8 Å². The third kappa shape index (κ3) is 5.10. The number of nitrogens with zero attached hydrogens (tertiary/aromatic N) is 3. The number of carbonyl (C=O) groups is 2. The first-order chi connectivity index (χ1) is 18.5. The lowest BCUT2D eigenvalue weighted by Gasteiger charge is -2.48. The number of amides is 2. The topological polar surface area (TPSA) is 113 Å². The molecule has 10 nitrogen and oxygen atoms in total. The number of carbonyl (C=O) groups excluding carboxylic acids is 2. The highest BCUT2D eigenvalue weighted by Gasteiger charge is 2.42. The van der Waals surface area contributed by atoms with Gasteiger partial charge in [0.15, 0.2) is 11.4 Å². The number of hydrogen-bond donors (Lipinski definition) is 2. The summed E-state index contributed by atoms with van der Waals surface area (Å²) in [6.45, 7) is 1.83. The number of morpholine rings is 1. The van der Waals surface area contributed by atoms with Crippen LogP contribution in [0.25, 0.3) is 0 Å². The molecule has 38 heavy (non-hydrogen) atoms. The molecule has 2 N–H and O–H groups in total. The van der Waals surface area contributed by atoms with Crippen LogP contribution >= 0.6 is 0 Å². The fourth-order valence-electron chi connectivity index (χ4n) is 5.03. The predicted molar refractivity (Wildman–Crippen MR) is 136 cm³/mol. The zero-order valence-corrected chi connectivity index (χ0v) is 21.0. The van der Waals surface area contributed by atoms with Gasteiger partial charge in [-0.1, -0.05) is 24.6 Å². The van der Waals surface area contributed by atoms with Crippen LogP contribution in [0, 0.1) is 5.82 Å². The van der Waals surface area contributed by atoms with E-state index in [0.29, 0.717) is 44.0 Å². The summed E-state index contributed by atoms with van der Waals surface area (Å²) in [6, 6.07) is 4.04. The first-order valence-corrected chi connectivity index (χ1v) is 12.9. The zero-order valence-electron chi connectivity index (χ0n) is 21.0. The van der Waals surface area contributed by atoms with Gasteiger partial charge < -0.3 is 24.8 Å². The number of pyridine rings is 1. The van der Waals surface area contributed by atoms with Crippen LogP contribution in [0.1, 0.15) is 58.5 Å². The second-order valence-corrected chi connectivity index (χ2v) is 9.52. The smallest absolute Gasteiger partial charge is 0.278 e. The Morgan fingerprint density at radius 1 is 1.03 bits per heavy atom. The molecule has 0 unspecified atom stereocenters. The lowest BCUT2D eigenvalue weighted by atomic mass is 10.1. The van der Waals surface area contributed by atoms with E-state index in [4.69, 9.17) is 9.47 Å². The quantitative estimate of drug-likeness (QED) is 0.507.